The maximum absolute atomic E-state index is 13.0. The van der Waals surface area contributed by atoms with E-state index in [4.69, 9.17) is 9.05 Å². The van der Waals surface area contributed by atoms with E-state index >= 15 is 0 Å². The van der Waals surface area contributed by atoms with Gasteiger partial charge >= 0.3 is 7.82 Å². The fraction of sp³-hybridized carbons (Fsp3) is 0.772. The molecule has 0 bridgehead atoms. The number of carbonyl (C=O) groups excluding carboxylic acids is 1. The highest BCUT2D eigenvalue weighted by molar-refractivity contribution is 7.47. The summed E-state index contributed by atoms with van der Waals surface area (Å²) in [5.74, 6) is -0.182. The Morgan fingerprint density at radius 2 is 0.909 bits per heavy atom. The highest BCUT2D eigenvalue weighted by atomic mass is 31.2. The molecule has 1 amide bonds. The lowest BCUT2D eigenvalue weighted by atomic mass is 10.0. The molecule has 0 rings (SSSR count). The number of phosphoric acid groups is 1. The largest absolute Gasteiger partial charge is 0.472 e. The minimum Gasteiger partial charge on any atom is -0.387 e. The summed E-state index contributed by atoms with van der Waals surface area (Å²) >= 11 is 0. The molecule has 0 aromatic rings. The number of hydrogen-bond donors (Lipinski definition) is 3. The van der Waals surface area contributed by atoms with Gasteiger partial charge < -0.3 is 19.8 Å². The molecular formula is C57H106N2O6P+. The molecule has 0 aliphatic heterocycles. The molecule has 0 saturated carbocycles. The summed E-state index contributed by atoms with van der Waals surface area (Å²) in [5.41, 5.74) is 0. The highest BCUT2D eigenvalue weighted by Crippen LogP contribution is 2.43. The Morgan fingerprint density at radius 3 is 1.33 bits per heavy atom. The van der Waals surface area contributed by atoms with Crippen molar-refractivity contribution in [1.29, 1.82) is 0 Å². The van der Waals surface area contributed by atoms with Crippen molar-refractivity contribution in [2.45, 2.75) is 244 Å². The number of nitrogens with one attached hydrogen (secondary N) is 1. The van der Waals surface area contributed by atoms with Crippen LogP contribution in [-0.2, 0) is 18.4 Å². The number of unbranched alkanes of at least 4 members (excludes halogenated alkanes) is 26. The van der Waals surface area contributed by atoms with Crippen LogP contribution in [0.25, 0.3) is 0 Å². The van der Waals surface area contributed by atoms with Crippen LogP contribution >= 0.6 is 7.82 Å². The molecule has 66 heavy (non-hydrogen) atoms. The second kappa shape index (κ2) is 48.0. The first-order chi connectivity index (χ1) is 32.0. The number of quaternary nitrogens is 1. The molecule has 3 atom stereocenters. The normalized spacial score (nSPS) is 14.6. The van der Waals surface area contributed by atoms with Gasteiger partial charge in [-0.25, -0.2) is 4.57 Å². The third-order valence-electron chi connectivity index (χ3n) is 11.9. The maximum Gasteiger partial charge on any atom is 0.472 e. The Labute approximate surface area is 408 Å². The van der Waals surface area contributed by atoms with Gasteiger partial charge in [0.1, 0.15) is 13.2 Å². The van der Waals surface area contributed by atoms with Crippen LogP contribution in [0.2, 0.25) is 0 Å². The monoisotopic (exact) mass is 946 g/mol. The number of carbonyl (C=O) groups is 1. The lowest BCUT2D eigenvalue weighted by Crippen LogP contribution is -2.45. The standard InChI is InChI=1S/C57H105N2O6P/c1-6-8-10-12-14-16-18-20-22-24-25-26-27-28-29-30-31-32-33-35-37-39-41-43-45-47-49-51-57(61)58-55(54-65-66(62,63)64-53-52-59(3,4)5)56(60)50-48-46-44-42-40-38-36-34-23-21-19-17-15-13-11-9-7-2/h8,10,14,16,20,22,25-26,28-29,48,50,55-56,60H,6-7,9,11-13,15,17-19,21,23-24,27,30-47,49,51-54H2,1-5H3,(H-,58,61,62,63)/p+1/b10-8-,16-14-,22-20-,26-25-,29-28-,50-48+. The van der Waals surface area contributed by atoms with Crippen LogP contribution in [0.1, 0.15) is 232 Å². The van der Waals surface area contributed by atoms with Gasteiger partial charge in [-0.3, -0.25) is 13.8 Å². The van der Waals surface area contributed by atoms with Gasteiger partial charge in [0.15, 0.2) is 0 Å². The van der Waals surface area contributed by atoms with Crippen LogP contribution in [0.4, 0.5) is 0 Å². The summed E-state index contributed by atoms with van der Waals surface area (Å²) < 4.78 is 23.7. The van der Waals surface area contributed by atoms with Crippen LogP contribution < -0.4 is 5.32 Å². The molecule has 0 radical (unpaired) electrons. The number of phosphoric ester groups is 1. The number of aliphatic hydroxyl groups is 1. The Kier molecular flexibility index (Phi) is 46.5. The van der Waals surface area contributed by atoms with Crippen molar-refractivity contribution in [3.05, 3.63) is 72.9 Å². The predicted molar refractivity (Wildman–Crippen MR) is 286 cm³/mol. The molecule has 0 aliphatic rings. The Balaban J connectivity index is 4.24. The first-order valence-corrected chi connectivity index (χ1v) is 28.8. The van der Waals surface area contributed by atoms with Crippen molar-refractivity contribution >= 4 is 13.7 Å². The van der Waals surface area contributed by atoms with Crippen LogP contribution in [0.5, 0.6) is 0 Å². The van der Waals surface area contributed by atoms with E-state index in [9.17, 15) is 19.4 Å². The van der Waals surface area contributed by atoms with Crippen molar-refractivity contribution in [1.82, 2.24) is 5.32 Å². The van der Waals surface area contributed by atoms with E-state index in [2.05, 4.69) is 79.9 Å². The molecule has 8 nitrogen and oxygen atoms in total. The second-order valence-electron chi connectivity index (χ2n) is 19.6. The highest BCUT2D eigenvalue weighted by Gasteiger charge is 2.27. The van der Waals surface area contributed by atoms with Crippen LogP contribution in [0.15, 0.2) is 72.9 Å². The second-order valence-corrected chi connectivity index (χ2v) is 21.0. The number of allylic oxidation sites excluding steroid dienone is 11. The zero-order valence-corrected chi connectivity index (χ0v) is 44.6. The average molecular weight is 946 g/mol. The Morgan fingerprint density at radius 1 is 0.530 bits per heavy atom. The minimum absolute atomic E-state index is 0.0585. The topological polar surface area (TPSA) is 105 Å². The van der Waals surface area contributed by atoms with Gasteiger partial charge in [0.05, 0.1) is 39.9 Å². The zero-order valence-electron chi connectivity index (χ0n) is 43.7. The number of aliphatic hydroxyl groups excluding tert-OH is 1. The molecule has 0 aromatic carbocycles. The third kappa shape index (κ3) is 49.8. The van der Waals surface area contributed by atoms with Gasteiger partial charge in [-0.1, -0.05) is 234 Å². The van der Waals surface area contributed by atoms with Crippen molar-refractivity contribution in [3.63, 3.8) is 0 Å². The molecule has 0 aliphatic carbocycles. The fourth-order valence-corrected chi connectivity index (χ4v) is 8.39. The predicted octanol–water partition coefficient (Wildman–Crippen LogP) is 16.3. The van der Waals surface area contributed by atoms with E-state index < -0.39 is 20.0 Å². The van der Waals surface area contributed by atoms with E-state index in [1.54, 1.807) is 6.08 Å². The van der Waals surface area contributed by atoms with Gasteiger partial charge in [-0.15, -0.1) is 0 Å². The SMILES string of the molecule is CC/C=C\C/C=C\C/C=C\C/C=C\C/C=C\CCCCCCCCCCCCCC(=O)NC(COP(=O)(O)OCC[N+](C)(C)C)C(O)/C=C/CCCCCCCCCCCCCCCCC. The number of amides is 1. The molecule has 3 N–H and O–H groups in total. The summed E-state index contributed by atoms with van der Waals surface area (Å²) in [6, 6.07) is -0.852. The van der Waals surface area contributed by atoms with Gasteiger partial charge in [0, 0.05) is 6.42 Å². The van der Waals surface area contributed by atoms with Gasteiger partial charge in [0.2, 0.25) is 5.91 Å². The quantitative estimate of drug-likeness (QED) is 0.0243. The maximum atomic E-state index is 13.0. The van der Waals surface area contributed by atoms with Crippen LogP contribution in [-0.4, -0.2) is 73.4 Å². The van der Waals surface area contributed by atoms with E-state index in [0.29, 0.717) is 17.4 Å². The van der Waals surface area contributed by atoms with Crippen LogP contribution in [0, 0.1) is 0 Å². The first kappa shape index (κ1) is 63.9. The summed E-state index contributed by atoms with van der Waals surface area (Å²) in [7, 11) is 1.57. The molecule has 0 spiro atoms. The Bertz CT molecular complexity index is 1300. The van der Waals surface area contributed by atoms with E-state index in [1.807, 2.05) is 27.2 Å². The van der Waals surface area contributed by atoms with E-state index in [1.165, 1.54) is 141 Å². The number of likely N-dealkylation sites (N-methyl/N-ethyl adjacent to an activating group) is 1. The molecule has 0 fully saturated rings. The molecule has 0 saturated heterocycles. The molecule has 0 aromatic heterocycles. The molecule has 384 valence electrons. The lowest BCUT2D eigenvalue weighted by Gasteiger charge is -2.25. The summed E-state index contributed by atoms with van der Waals surface area (Å²) in [6.45, 7) is 4.71. The summed E-state index contributed by atoms with van der Waals surface area (Å²) in [4.78, 5) is 23.3. The van der Waals surface area contributed by atoms with Gasteiger partial charge in [-0.05, 0) is 64.2 Å². The lowest BCUT2D eigenvalue weighted by molar-refractivity contribution is -0.870. The smallest absolute Gasteiger partial charge is 0.387 e. The van der Waals surface area contributed by atoms with Crippen molar-refractivity contribution in [2.75, 3.05) is 40.9 Å². The van der Waals surface area contributed by atoms with Crippen LogP contribution in [0.3, 0.4) is 0 Å². The van der Waals surface area contributed by atoms with Crippen molar-refractivity contribution in [3.8, 4) is 0 Å². The molecular weight excluding hydrogens is 840 g/mol. The van der Waals surface area contributed by atoms with Gasteiger partial charge in [-0.2, -0.15) is 0 Å². The third-order valence-corrected chi connectivity index (χ3v) is 12.9. The van der Waals surface area contributed by atoms with E-state index in [-0.39, 0.29) is 19.1 Å². The zero-order chi connectivity index (χ0) is 48.5. The number of hydrogen-bond acceptors (Lipinski definition) is 5. The number of rotatable bonds is 49. The fourth-order valence-electron chi connectivity index (χ4n) is 7.66. The molecule has 0 heterocycles. The molecule has 3 unspecified atom stereocenters. The number of nitrogens with zero attached hydrogens (tertiary/aromatic N) is 1. The Hall–Kier alpha value is -2.06. The van der Waals surface area contributed by atoms with Gasteiger partial charge in [0.25, 0.3) is 0 Å². The first-order valence-electron chi connectivity index (χ1n) is 27.3. The summed E-state index contributed by atoms with van der Waals surface area (Å²) in [6.07, 6.45) is 65.5. The van der Waals surface area contributed by atoms with E-state index in [0.717, 1.165) is 70.6 Å². The van der Waals surface area contributed by atoms with Crippen molar-refractivity contribution < 1.29 is 32.9 Å². The van der Waals surface area contributed by atoms with Crippen molar-refractivity contribution in [2.24, 2.45) is 0 Å². The summed E-state index contributed by atoms with van der Waals surface area (Å²) in [5, 5.41) is 13.9. The molecule has 9 heteroatoms. The minimum atomic E-state index is -4.35. The average Bonchev–Trinajstić information content (AvgIpc) is 3.28.